The van der Waals surface area contributed by atoms with Gasteiger partial charge in [-0.05, 0) is 44.2 Å². The van der Waals surface area contributed by atoms with E-state index >= 15 is 0 Å². The number of halogens is 1. The van der Waals surface area contributed by atoms with Gasteiger partial charge in [-0.25, -0.2) is 4.79 Å². The van der Waals surface area contributed by atoms with Crippen molar-refractivity contribution in [3.63, 3.8) is 0 Å². The van der Waals surface area contributed by atoms with E-state index in [0.29, 0.717) is 33.3 Å². The molecule has 2 amide bonds. The lowest BCUT2D eigenvalue weighted by molar-refractivity contribution is 0.0890. The summed E-state index contributed by atoms with van der Waals surface area (Å²) in [6, 6.07) is 9.50. The minimum Gasteiger partial charge on any atom is -0.489 e. The molecule has 2 fully saturated rings. The smallest absolute Gasteiger partial charge is 0.415 e. The molecule has 0 radical (unpaired) electrons. The number of amides is 2. The number of carbonyl (C=O) groups excluding carboxylic acids is 2. The van der Waals surface area contributed by atoms with Crippen LogP contribution in [0, 0.1) is 0 Å². The van der Waals surface area contributed by atoms with Gasteiger partial charge in [0.2, 0.25) is 0 Å². The van der Waals surface area contributed by atoms with Crippen LogP contribution in [0.3, 0.4) is 0 Å². The number of cyclic esters (lactones) is 1. The largest absolute Gasteiger partial charge is 0.489 e. The van der Waals surface area contributed by atoms with Crippen LogP contribution in [0.1, 0.15) is 22.5 Å². The van der Waals surface area contributed by atoms with E-state index in [-0.39, 0.29) is 18.5 Å². The van der Waals surface area contributed by atoms with Crippen LogP contribution >= 0.6 is 22.9 Å². The summed E-state index contributed by atoms with van der Waals surface area (Å²) in [5.41, 5.74) is 1.80. The molecule has 1 aromatic carbocycles. The molecule has 2 saturated heterocycles. The average Bonchev–Trinajstić information content (AvgIpc) is 3.40. The van der Waals surface area contributed by atoms with Gasteiger partial charge in [0.05, 0.1) is 21.4 Å². The fourth-order valence-electron chi connectivity index (χ4n) is 4.56. The minimum atomic E-state index is -0.492. The van der Waals surface area contributed by atoms with Crippen molar-refractivity contribution in [1.82, 2.24) is 10.6 Å². The second-order valence-corrected chi connectivity index (χ2v) is 9.93. The van der Waals surface area contributed by atoms with Gasteiger partial charge < -0.3 is 25.0 Å². The van der Waals surface area contributed by atoms with E-state index in [1.807, 2.05) is 25.2 Å². The Morgan fingerprint density at radius 2 is 2.19 bits per heavy atom. The summed E-state index contributed by atoms with van der Waals surface area (Å²) in [6.07, 6.45) is 1.40. The molecule has 2 aromatic rings. The molecule has 3 aliphatic rings. The van der Waals surface area contributed by atoms with Crippen molar-refractivity contribution < 1.29 is 19.1 Å². The highest BCUT2D eigenvalue weighted by Gasteiger charge is 2.46. The summed E-state index contributed by atoms with van der Waals surface area (Å²) in [5, 5.41) is 6.19. The zero-order valence-corrected chi connectivity index (χ0v) is 19.2. The van der Waals surface area contributed by atoms with Crippen molar-refractivity contribution in [2.75, 3.05) is 43.1 Å². The molecule has 1 aromatic heterocycles. The first-order valence-corrected chi connectivity index (χ1v) is 12.0. The van der Waals surface area contributed by atoms with Crippen molar-refractivity contribution in [2.24, 2.45) is 0 Å². The van der Waals surface area contributed by atoms with Crippen molar-refractivity contribution in [2.45, 2.75) is 31.0 Å². The van der Waals surface area contributed by atoms with Gasteiger partial charge in [-0.2, -0.15) is 0 Å². The number of thiophene rings is 1. The second-order valence-electron chi connectivity index (χ2n) is 8.21. The summed E-state index contributed by atoms with van der Waals surface area (Å²) in [5.74, 6) is 0.444. The highest BCUT2D eigenvalue weighted by Crippen LogP contribution is 2.41. The topological polar surface area (TPSA) is 83.1 Å². The van der Waals surface area contributed by atoms with Crippen molar-refractivity contribution in [3.8, 4) is 5.75 Å². The predicted octanol–water partition coefficient (Wildman–Crippen LogP) is 3.11. The van der Waals surface area contributed by atoms with Gasteiger partial charge in [-0.15, -0.1) is 11.3 Å². The molecular weight excluding hydrogens is 452 g/mol. The Labute approximate surface area is 195 Å². The van der Waals surface area contributed by atoms with E-state index in [1.165, 1.54) is 17.8 Å². The van der Waals surface area contributed by atoms with Crippen LogP contribution in [0.25, 0.3) is 0 Å². The lowest BCUT2D eigenvalue weighted by atomic mass is 10.0. The lowest BCUT2D eigenvalue weighted by Crippen LogP contribution is -2.48. The first-order chi connectivity index (χ1) is 15.5. The first kappa shape index (κ1) is 21.4. The third-order valence-electron chi connectivity index (χ3n) is 6.28. The molecule has 0 unspecified atom stereocenters. The van der Waals surface area contributed by atoms with Crippen molar-refractivity contribution >= 4 is 46.3 Å². The number of nitrogens with one attached hydrogen (secondary N) is 2. The molecule has 32 heavy (non-hydrogen) atoms. The summed E-state index contributed by atoms with van der Waals surface area (Å²) in [7, 11) is 2.00. The fourth-order valence-corrected chi connectivity index (χ4v) is 5.52. The highest BCUT2D eigenvalue weighted by molar-refractivity contribution is 7.18. The number of rotatable bonds is 5. The second kappa shape index (κ2) is 8.80. The van der Waals surface area contributed by atoms with Gasteiger partial charge in [0, 0.05) is 30.9 Å². The number of hydrogen-bond acceptors (Lipinski definition) is 7. The molecule has 3 atom stereocenters. The highest BCUT2D eigenvalue weighted by atomic mass is 35.5. The Bertz CT molecular complexity index is 1030. The van der Waals surface area contributed by atoms with Gasteiger partial charge >= 0.3 is 6.09 Å². The number of hydrogen-bond donors (Lipinski definition) is 2. The van der Waals surface area contributed by atoms with Gasteiger partial charge in [-0.1, -0.05) is 11.6 Å². The number of piperidine rings is 1. The minimum absolute atomic E-state index is 0.206. The number of likely N-dealkylation sites (N-methyl/N-ethyl adjacent to an activating group) is 1. The molecule has 8 nitrogen and oxygen atoms in total. The van der Waals surface area contributed by atoms with E-state index in [4.69, 9.17) is 21.1 Å². The number of anilines is 2. The third kappa shape index (κ3) is 4.00. The van der Waals surface area contributed by atoms with Gasteiger partial charge in [0.15, 0.2) is 0 Å². The summed E-state index contributed by atoms with van der Waals surface area (Å²) < 4.78 is 12.2. The zero-order valence-electron chi connectivity index (χ0n) is 17.7. The SMILES string of the molecule is CN[C@H]1CCCN(c2ccc3c(c2)OC[C@H]2[C@H](CNC(=O)c4ccc(Cl)s4)OC(=O)N32)C1. The van der Waals surface area contributed by atoms with Crippen LogP contribution < -0.4 is 25.2 Å². The average molecular weight is 477 g/mol. The molecule has 3 aliphatic heterocycles. The molecule has 170 valence electrons. The molecule has 0 spiro atoms. The maximum Gasteiger partial charge on any atom is 0.415 e. The zero-order chi connectivity index (χ0) is 22.2. The van der Waals surface area contributed by atoms with E-state index in [1.54, 1.807) is 17.0 Å². The molecule has 10 heteroatoms. The lowest BCUT2D eigenvalue weighted by Gasteiger charge is -2.36. The van der Waals surface area contributed by atoms with Crippen molar-refractivity contribution in [3.05, 3.63) is 39.5 Å². The van der Waals surface area contributed by atoms with Gasteiger partial charge in [0.25, 0.3) is 5.91 Å². The van der Waals surface area contributed by atoms with Crippen LogP contribution in [0.15, 0.2) is 30.3 Å². The van der Waals surface area contributed by atoms with Crippen LogP contribution in [0.4, 0.5) is 16.2 Å². The quantitative estimate of drug-likeness (QED) is 0.690. The van der Waals surface area contributed by atoms with Crippen LogP contribution in [0.5, 0.6) is 5.75 Å². The maximum atomic E-state index is 12.7. The van der Waals surface area contributed by atoms with Crippen LogP contribution in [-0.4, -0.2) is 63.5 Å². The number of fused-ring (bicyclic) bond motifs is 3. The number of ether oxygens (including phenoxy) is 2. The number of benzene rings is 1. The Morgan fingerprint density at radius 1 is 1.31 bits per heavy atom. The maximum absolute atomic E-state index is 12.7. The van der Waals surface area contributed by atoms with Crippen molar-refractivity contribution in [1.29, 1.82) is 0 Å². The Balaban J connectivity index is 1.28. The predicted molar refractivity (Wildman–Crippen MR) is 124 cm³/mol. The third-order valence-corrected chi connectivity index (χ3v) is 7.51. The standard InChI is InChI=1S/C22H25ClN4O4S/c1-24-13-3-2-8-26(11-13)14-4-5-15-17(9-14)30-12-16-18(31-22(29)27(15)16)10-25-21(28)19-6-7-20(23)32-19/h4-7,9,13,16,18,24H,2-3,8,10-12H2,1H3,(H,25,28)/t13-,16-,18-/m0/s1. The van der Waals surface area contributed by atoms with Gasteiger partial charge in [-0.3, -0.25) is 9.69 Å². The molecule has 2 N–H and O–H groups in total. The number of carbonyl (C=O) groups is 2. The Morgan fingerprint density at radius 3 is 2.97 bits per heavy atom. The van der Waals surface area contributed by atoms with E-state index in [2.05, 4.69) is 15.5 Å². The molecule has 5 rings (SSSR count). The first-order valence-electron chi connectivity index (χ1n) is 10.8. The number of nitrogens with zero attached hydrogens (tertiary/aromatic N) is 2. The molecule has 0 bridgehead atoms. The Kier molecular flexibility index (Phi) is 5.88. The van der Waals surface area contributed by atoms with E-state index < -0.39 is 12.2 Å². The Hall–Kier alpha value is -2.49. The summed E-state index contributed by atoms with van der Waals surface area (Å²) in [6.45, 7) is 2.47. The van der Waals surface area contributed by atoms with E-state index in [9.17, 15) is 9.59 Å². The normalized spacial score (nSPS) is 24.4. The fraction of sp³-hybridized carbons (Fsp3) is 0.455. The van der Waals surface area contributed by atoms with Crippen LogP contribution in [0.2, 0.25) is 4.34 Å². The molecule has 0 saturated carbocycles. The molecule has 4 heterocycles. The van der Waals surface area contributed by atoms with E-state index in [0.717, 1.165) is 25.2 Å². The van der Waals surface area contributed by atoms with Crippen LogP contribution in [-0.2, 0) is 4.74 Å². The molecule has 0 aliphatic carbocycles. The molecular formula is C22H25ClN4O4S. The summed E-state index contributed by atoms with van der Waals surface area (Å²) >= 11 is 7.11. The summed E-state index contributed by atoms with van der Waals surface area (Å²) in [4.78, 5) is 29.5. The van der Waals surface area contributed by atoms with Gasteiger partial charge in [0.1, 0.15) is 24.5 Å². The monoisotopic (exact) mass is 476 g/mol.